The first-order chi connectivity index (χ1) is 31.0. The van der Waals surface area contributed by atoms with E-state index in [1.807, 2.05) is 0 Å². The van der Waals surface area contributed by atoms with Crippen LogP contribution in [0.2, 0.25) is 0 Å². The van der Waals surface area contributed by atoms with Gasteiger partial charge in [-0.3, -0.25) is 0 Å². The lowest BCUT2D eigenvalue weighted by atomic mass is 9.79. The Kier molecular flexibility index (Phi) is 8.23. The zero-order valence-electron chi connectivity index (χ0n) is 39.8. The summed E-state index contributed by atoms with van der Waals surface area (Å²) < 4.78 is 0. The average Bonchev–Trinajstić information content (AvgIpc) is 3.76. The summed E-state index contributed by atoms with van der Waals surface area (Å²) in [4.78, 5) is 2.56. The Morgan fingerprint density at radius 1 is 0.323 bits per heavy atom. The molecule has 0 amide bonds. The Labute approximate surface area is 385 Å². The Balaban J connectivity index is 1.03. The number of benzene rings is 9. The average molecular weight is 840 g/mol. The van der Waals surface area contributed by atoms with Crippen LogP contribution in [0.15, 0.2) is 146 Å². The molecular weight excluding hydrogens is 783 g/mol. The topological polar surface area (TPSA) is 3.24 Å². The molecule has 0 heterocycles. The molecule has 0 radical (unpaired) electrons. The molecule has 0 N–H and O–H groups in total. The quantitative estimate of drug-likeness (QED) is 0.171. The number of hydrogen-bond acceptors (Lipinski definition) is 1. The van der Waals surface area contributed by atoms with E-state index in [-0.39, 0.29) is 16.2 Å². The number of fused-ring (bicyclic) bond motifs is 13. The molecule has 65 heavy (non-hydrogen) atoms. The zero-order valence-corrected chi connectivity index (χ0v) is 39.8. The molecule has 0 spiro atoms. The third kappa shape index (κ3) is 5.45. The standard InChI is InChI=1S/C64H57N/c1-36-20-21-38(3)49(30-36)50-33-58-60(47-19-15-14-18-45(47)50)48-26-24-43(32-55(48)64(58,10)11)65(61-39(4)28-37(2)29-40(61)5)42-23-25-46-51-34-57-52(35-56(51)63(8,9)54(46)31-42)59-44-17-13-12-16-41(44)22-27-53(59)62(57,6)7/h12-35H,1-11H3. The first-order valence-corrected chi connectivity index (χ1v) is 23.6. The van der Waals surface area contributed by atoms with Crippen molar-refractivity contribution >= 4 is 38.6 Å². The summed E-state index contributed by atoms with van der Waals surface area (Å²) in [6.07, 6.45) is 0. The van der Waals surface area contributed by atoms with Crippen molar-refractivity contribution in [3.05, 3.63) is 207 Å². The molecule has 0 aromatic heterocycles. The smallest absolute Gasteiger partial charge is 0.0520 e. The lowest BCUT2D eigenvalue weighted by Crippen LogP contribution is -2.19. The summed E-state index contributed by atoms with van der Waals surface area (Å²) in [5, 5.41) is 5.29. The predicted molar refractivity (Wildman–Crippen MR) is 278 cm³/mol. The molecule has 0 saturated heterocycles. The van der Waals surface area contributed by atoms with E-state index in [0.29, 0.717) is 0 Å². The van der Waals surface area contributed by atoms with Crippen molar-refractivity contribution in [1.29, 1.82) is 0 Å². The zero-order chi connectivity index (χ0) is 45.1. The molecule has 3 aliphatic rings. The van der Waals surface area contributed by atoms with E-state index < -0.39 is 0 Å². The minimum atomic E-state index is -0.222. The fraction of sp³-hybridized carbons (Fsp3) is 0.219. The van der Waals surface area contributed by atoms with E-state index in [2.05, 4.69) is 227 Å². The lowest BCUT2D eigenvalue weighted by molar-refractivity contribution is 0.652. The molecule has 0 atom stereocenters. The van der Waals surface area contributed by atoms with Crippen LogP contribution in [-0.2, 0) is 16.2 Å². The fourth-order valence-electron chi connectivity index (χ4n) is 12.8. The van der Waals surface area contributed by atoms with E-state index >= 15 is 0 Å². The van der Waals surface area contributed by atoms with Gasteiger partial charge in [0.15, 0.2) is 0 Å². The van der Waals surface area contributed by atoms with Crippen LogP contribution in [-0.4, -0.2) is 0 Å². The van der Waals surface area contributed by atoms with Gasteiger partial charge in [0.25, 0.3) is 0 Å². The van der Waals surface area contributed by atoms with Gasteiger partial charge in [-0.25, -0.2) is 0 Å². The molecular formula is C64H57N. The molecule has 318 valence electrons. The first-order valence-electron chi connectivity index (χ1n) is 23.6. The molecule has 0 saturated carbocycles. The minimum Gasteiger partial charge on any atom is -0.310 e. The molecule has 12 rings (SSSR count). The Bertz CT molecular complexity index is 3550. The summed E-state index contributed by atoms with van der Waals surface area (Å²) in [5.74, 6) is 0. The van der Waals surface area contributed by atoms with Gasteiger partial charge in [-0.1, -0.05) is 156 Å². The van der Waals surface area contributed by atoms with E-state index in [4.69, 9.17) is 0 Å². The van der Waals surface area contributed by atoms with Gasteiger partial charge >= 0.3 is 0 Å². The van der Waals surface area contributed by atoms with Gasteiger partial charge in [0.05, 0.1) is 5.69 Å². The molecule has 0 aliphatic heterocycles. The van der Waals surface area contributed by atoms with E-state index in [9.17, 15) is 0 Å². The maximum absolute atomic E-state index is 2.56. The first kappa shape index (κ1) is 39.9. The summed E-state index contributed by atoms with van der Waals surface area (Å²) in [7, 11) is 0. The number of hydrogen-bond donors (Lipinski definition) is 0. The van der Waals surface area contributed by atoms with Crippen molar-refractivity contribution in [3.8, 4) is 44.5 Å². The molecule has 9 aromatic carbocycles. The van der Waals surface area contributed by atoms with Crippen LogP contribution >= 0.6 is 0 Å². The lowest BCUT2D eigenvalue weighted by Gasteiger charge is -2.32. The second-order valence-corrected chi connectivity index (χ2v) is 21.3. The molecule has 1 heteroatoms. The number of rotatable bonds is 4. The summed E-state index contributed by atoms with van der Waals surface area (Å²) in [6.45, 7) is 25.8. The molecule has 0 bridgehead atoms. The van der Waals surface area contributed by atoms with Crippen LogP contribution in [0.3, 0.4) is 0 Å². The van der Waals surface area contributed by atoms with Crippen LogP contribution in [0.4, 0.5) is 17.1 Å². The van der Waals surface area contributed by atoms with Crippen LogP contribution < -0.4 is 4.90 Å². The highest BCUT2D eigenvalue weighted by Crippen LogP contribution is 2.59. The molecule has 0 unspecified atom stereocenters. The van der Waals surface area contributed by atoms with Crippen molar-refractivity contribution in [2.24, 2.45) is 0 Å². The second kappa shape index (κ2) is 13.4. The van der Waals surface area contributed by atoms with Crippen molar-refractivity contribution in [2.75, 3.05) is 4.90 Å². The summed E-state index contributed by atoms with van der Waals surface area (Å²) in [6, 6.07) is 56.5. The summed E-state index contributed by atoms with van der Waals surface area (Å²) >= 11 is 0. The highest BCUT2D eigenvalue weighted by Gasteiger charge is 2.43. The van der Waals surface area contributed by atoms with Crippen LogP contribution in [0.1, 0.15) is 103 Å². The third-order valence-corrected chi connectivity index (χ3v) is 16.1. The van der Waals surface area contributed by atoms with E-state index in [1.54, 1.807) is 0 Å². The van der Waals surface area contributed by atoms with Crippen molar-refractivity contribution < 1.29 is 0 Å². The van der Waals surface area contributed by atoms with Crippen molar-refractivity contribution in [2.45, 2.75) is 92.4 Å². The van der Waals surface area contributed by atoms with Gasteiger partial charge in [0.1, 0.15) is 0 Å². The Morgan fingerprint density at radius 3 is 1.58 bits per heavy atom. The fourth-order valence-corrected chi connectivity index (χ4v) is 12.8. The third-order valence-electron chi connectivity index (χ3n) is 16.1. The number of aryl methyl sites for hydroxylation is 5. The molecule has 0 fully saturated rings. The predicted octanol–water partition coefficient (Wildman–Crippen LogP) is 17.6. The van der Waals surface area contributed by atoms with Gasteiger partial charge in [-0.2, -0.15) is 0 Å². The van der Waals surface area contributed by atoms with Gasteiger partial charge in [0.2, 0.25) is 0 Å². The van der Waals surface area contributed by atoms with Crippen LogP contribution in [0.5, 0.6) is 0 Å². The minimum absolute atomic E-state index is 0.0950. The van der Waals surface area contributed by atoms with Gasteiger partial charge in [-0.15, -0.1) is 0 Å². The van der Waals surface area contributed by atoms with Crippen LogP contribution in [0.25, 0.3) is 66.1 Å². The number of anilines is 3. The maximum Gasteiger partial charge on any atom is 0.0520 e. The Hall–Kier alpha value is -6.70. The highest BCUT2D eigenvalue weighted by molar-refractivity contribution is 6.10. The molecule has 9 aromatic rings. The van der Waals surface area contributed by atoms with Gasteiger partial charge in [-0.05, 0) is 193 Å². The second-order valence-electron chi connectivity index (χ2n) is 21.3. The molecule has 3 aliphatic carbocycles. The highest BCUT2D eigenvalue weighted by atomic mass is 15.1. The SMILES string of the molecule is Cc1cc(C)c(N(c2ccc3c(c2)C(C)(C)c2cc4c(cc2-3)C(C)(C)c2ccc3ccccc3c2-4)c2ccc3c(c2)C(C)(C)c2cc(-c4cc(C)ccc4C)c4ccccc4c2-3)c(C)c1. The van der Waals surface area contributed by atoms with E-state index in [0.717, 1.165) is 0 Å². The summed E-state index contributed by atoms with van der Waals surface area (Å²) in [5.41, 5.74) is 28.9. The van der Waals surface area contributed by atoms with Crippen molar-refractivity contribution in [3.63, 3.8) is 0 Å². The molecule has 1 nitrogen and oxygen atoms in total. The van der Waals surface area contributed by atoms with Crippen molar-refractivity contribution in [1.82, 2.24) is 0 Å². The van der Waals surface area contributed by atoms with Gasteiger partial charge < -0.3 is 4.90 Å². The van der Waals surface area contributed by atoms with E-state index in [1.165, 1.54) is 144 Å². The number of nitrogens with zero attached hydrogens (tertiary/aromatic N) is 1. The normalized spacial score (nSPS) is 15.4. The Morgan fingerprint density at radius 2 is 0.862 bits per heavy atom. The largest absolute Gasteiger partial charge is 0.310 e. The monoisotopic (exact) mass is 839 g/mol. The maximum atomic E-state index is 2.56. The van der Waals surface area contributed by atoms with Gasteiger partial charge in [0, 0.05) is 27.6 Å². The van der Waals surface area contributed by atoms with Crippen LogP contribution in [0, 0.1) is 34.6 Å².